The van der Waals surface area contributed by atoms with Gasteiger partial charge in [0.25, 0.3) is 0 Å². The maximum absolute atomic E-state index is 13.1. The lowest BCUT2D eigenvalue weighted by molar-refractivity contribution is 0.628. The largest absolute Gasteiger partial charge is 0.349 e. The number of nitrogens with zero attached hydrogens (tertiary/aromatic N) is 1. The molecule has 1 aromatic carbocycles. The molecule has 3 nitrogen and oxygen atoms in total. The third-order valence-electron chi connectivity index (χ3n) is 2.63. The second-order valence-electron chi connectivity index (χ2n) is 3.94. The second-order valence-corrected chi connectivity index (χ2v) is 6.59. The summed E-state index contributed by atoms with van der Waals surface area (Å²) in [5.74, 6) is -0.419. The molecule has 2 unspecified atom stereocenters. The molecule has 0 radical (unpaired) electrons. The van der Waals surface area contributed by atoms with Gasteiger partial charge in [0.1, 0.15) is 15.4 Å². The number of hydrogen-bond donors (Lipinski definition) is 0. The maximum atomic E-state index is 13.1. The van der Waals surface area contributed by atoms with Gasteiger partial charge in [-0.05, 0) is 25.1 Å². The van der Waals surface area contributed by atoms with E-state index in [1.54, 1.807) is 18.5 Å². The molecule has 0 spiro atoms. The first-order chi connectivity index (χ1) is 8.41. The Labute approximate surface area is 111 Å². The van der Waals surface area contributed by atoms with E-state index in [-0.39, 0.29) is 10.3 Å². The third-order valence-corrected chi connectivity index (χ3v) is 4.43. The molecule has 2 rings (SSSR count). The van der Waals surface area contributed by atoms with Crippen LogP contribution < -0.4 is 5.43 Å². The highest BCUT2D eigenvalue weighted by atomic mass is 35.5. The first-order valence-corrected chi connectivity index (χ1v) is 6.90. The molecule has 2 atom stereocenters. The van der Waals surface area contributed by atoms with Crippen LogP contribution in [0.25, 0.3) is 10.9 Å². The second kappa shape index (κ2) is 4.82. The zero-order valence-corrected chi connectivity index (χ0v) is 11.4. The van der Waals surface area contributed by atoms with Crippen LogP contribution in [-0.4, -0.2) is 13.5 Å². The summed E-state index contributed by atoms with van der Waals surface area (Å²) in [6.07, 6.45) is 1.44. The molecule has 0 N–H and O–H groups in total. The van der Waals surface area contributed by atoms with Crippen LogP contribution in [0.5, 0.6) is 0 Å². The minimum absolute atomic E-state index is 0.138. The number of halogens is 2. The Morgan fingerprint density at radius 2 is 2.11 bits per heavy atom. The van der Waals surface area contributed by atoms with Gasteiger partial charge in [-0.2, -0.15) is 0 Å². The van der Waals surface area contributed by atoms with Gasteiger partial charge in [-0.3, -0.25) is 9.00 Å². The van der Waals surface area contributed by atoms with Crippen LogP contribution in [0.15, 0.2) is 34.1 Å². The molecule has 96 valence electrons. The molecule has 0 aliphatic rings. The molecule has 2 aromatic rings. The van der Waals surface area contributed by atoms with Crippen LogP contribution in [0.1, 0.15) is 6.92 Å². The van der Waals surface area contributed by atoms with Crippen molar-refractivity contribution in [2.75, 3.05) is 0 Å². The standard InChI is InChI=1S/C12H11ClFNO2S/c1-7(13)18(17)11-6-15(2)10-5-8(14)3-4-9(10)12(11)16/h3-7H,1-2H3. The van der Waals surface area contributed by atoms with Gasteiger partial charge in [-0.15, -0.1) is 11.6 Å². The molecular weight excluding hydrogens is 277 g/mol. The van der Waals surface area contributed by atoms with Gasteiger partial charge < -0.3 is 4.57 Å². The van der Waals surface area contributed by atoms with E-state index >= 15 is 0 Å². The van der Waals surface area contributed by atoms with Crippen LogP contribution in [-0.2, 0) is 17.8 Å². The Balaban J connectivity index is 2.81. The first kappa shape index (κ1) is 13.2. The van der Waals surface area contributed by atoms with Crippen molar-refractivity contribution < 1.29 is 8.60 Å². The molecule has 18 heavy (non-hydrogen) atoms. The number of fused-ring (bicyclic) bond motifs is 1. The molecule has 0 saturated carbocycles. The zero-order valence-electron chi connectivity index (χ0n) is 9.81. The normalized spacial score (nSPS) is 14.7. The number of aryl methyl sites for hydroxylation is 1. The Hall–Kier alpha value is -1.20. The number of benzene rings is 1. The SMILES string of the molecule is CC(Cl)S(=O)c1cn(C)c2cc(F)ccc2c1=O. The average Bonchev–Trinajstić information content (AvgIpc) is 2.32. The van der Waals surface area contributed by atoms with Crippen LogP contribution in [0.3, 0.4) is 0 Å². The number of aromatic nitrogens is 1. The van der Waals surface area contributed by atoms with Crippen LogP contribution in [0.2, 0.25) is 0 Å². The molecule has 0 aliphatic carbocycles. The van der Waals surface area contributed by atoms with Crippen LogP contribution in [0, 0.1) is 5.82 Å². The third kappa shape index (κ3) is 2.20. The summed E-state index contributed by atoms with van der Waals surface area (Å²) in [5, 5.41) is 0.335. The summed E-state index contributed by atoms with van der Waals surface area (Å²) in [5.41, 5.74) is 0.0944. The molecule has 0 aliphatic heterocycles. The monoisotopic (exact) mass is 287 g/mol. The fourth-order valence-corrected chi connectivity index (χ4v) is 2.94. The summed E-state index contributed by atoms with van der Waals surface area (Å²) < 4.78 is 26.0. The predicted molar refractivity (Wildman–Crippen MR) is 70.9 cm³/mol. The average molecular weight is 288 g/mol. The van der Waals surface area contributed by atoms with Crippen molar-refractivity contribution in [3.05, 3.63) is 40.4 Å². The van der Waals surface area contributed by atoms with Crippen molar-refractivity contribution in [1.82, 2.24) is 4.57 Å². The van der Waals surface area contributed by atoms with Crippen LogP contribution in [0.4, 0.5) is 4.39 Å². The number of hydrogen-bond acceptors (Lipinski definition) is 2. The van der Waals surface area contributed by atoms with E-state index in [9.17, 15) is 13.4 Å². The van der Waals surface area contributed by atoms with Gasteiger partial charge >= 0.3 is 0 Å². The Bertz CT molecular complexity index is 696. The summed E-state index contributed by atoms with van der Waals surface area (Å²) in [4.78, 5) is 12.3. The van der Waals surface area contributed by atoms with Crippen molar-refractivity contribution >= 4 is 33.3 Å². The predicted octanol–water partition coefficient (Wildman–Crippen LogP) is 2.37. The van der Waals surface area contributed by atoms with E-state index in [0.717, 1.165) is 0 Å². The number of rotatable bonds is 2. The van der Waals surface area contributed by atoms with E-state index in [1.165, 1.54) is 24.4 Å². The van der Waals surface area contributed by atoms with E-state index in [1.807, 2.05) is 0 Å². The maximum Gasteiger partial charge on any atom is 0.205 e. The fourth-order valence-electron chi connectivity index (χ4n) is 1.74. The molecular formula is C12H11ClFNO2S. The highest BCUT2D eigenvalue weighted by Crippen LogP contribution is 2.16. The minimum atomic E-state index is -1.58. The number of pyridine rings is 1. The van der Waals surface area contributed by atoms with E-state index < -0.39 is 21.3 Å². The molecule has 0 saturated heterocycles. The first-order valence-electron chi connectivity index (χ1n) is 5.25. The Kier molecular flexibility index (Phi) is 3.54. The van der Waals surface area contributed by atoms with Gasteiger partial charge in [-0.25, -0.2) is 4.39 Å². The molecule has 0 fully saturated rings. The summed E-state index contributed by atoms with van der Waals surface area (Å²) in [6.45, 7) is 1.56. The van der Waals surface area contributed by atoms with Gasteiger partial charge in [-0.1, -0.05) is 0 Å². The molecule has 1 heterocycles. The lowest BCUT2D eigenvalue weighted by Gasteiger charge is -2.09. The highest BCUT2D eigenvalue weighted by molar-refractivity contribution is 7.87. The van der Waals surface area contributed by atoms with Crippen molar-refractivity contribution in [3.8, 4) is 0 Å². The lowest BCUT2D eigenvalue weighted by atomic mass is 10.2. The summed E-state index contributed by atoms with van der Waals surface area (Å²) in [7, 11) is 0.0875. The molecule has 0 bridgehead atoms. The van der Waals surface area contributed by atoms with Gasteiger partial charge in [0, 0.05) is 18.6 Å². The minimum Gasteiger partial charge on any atom is -0.349 e. The quantitative estimate of drug-likeness (QED) is 0.796. The molecule has 6 heteroatoms. The van der Waals surface area contributed by atoms with Crippen LogP contribution >= 0.6 is 11.6 Å². The highest BCUT2D eigenvalue weighted by Gasteiger charge is 2.17. The number of alkyl halides is 1. The van der Waals surface area contributed by atoms with Crippen molar-refractivity contribution in [1.29, 1.82) is 0 Å². The zero-order chi connectivity index (χ0) is 13.4. The Morgan fingerprint density at radius 3 is 2.72 bits per heavy atom. The van der Waals surface area contributed by atoms with E-state index in [2.05, 4.69) is 0 Å². The van der Waals surface area contributed by atoms with Gasteiger partial charge in [0.15, 0.2) is 0 Å². The van der Waals surface area contributed by atoms with E-state index in [4.69, 9.17) is 11.6 Å². The Morgan fingerprint density at radius 1 is 1.44 bits per heavy atom. The lowest BCUT2D eigenvalue weighted by Crippen LogP contribution is -2.18. The van der Waals surface area contributed by atoms with Gasteiger partial charge in [0.05, 0.1) is 16.3 Å². The van der Waals surface area contributed by atoms with Crippen molar-refractivity contribution in [2.24, 2.45) is 7.05 Å². The molecule has 1 aromatic heterocycles. The smallest absolute Gasteiger partial charge is 0.205 e. The van der Waals surface area contributed by atoms with Crippen molar-refractivity contribution in [3.63, 3.8) is 0 Å². The summed E-state index contributed by atoms with van der Waals surface area (Å²) in [6, 6.07) is 3.88. The summed E-state index contributed by atoms with van der Waals surface area (Å²) >= 11 is 5.76. The van der Waals surface area contributed by atoms with E-state index in [0.29, 0.717) is 10.9 Å². The van der Waals surface area contributed by atoms with Crippen molar-refractivity contribution in [2.45, 2.75) is 16.5 Å². The topological polar surface area (TPSA) is 39.1 Å². The van der Waals surface area contributed by atoms with Gasteiger partial charge in [0.2, 0.25) is 5.43 Å². The fraction of sp³-hybridized carbons (Fsp3) is 0.250. The molecule has 0 amide bonds.